The second-order valence-electron chi connectivity index (χ2n) is 15.0. The molecule has 0 aliphatic heterocycles. The minimum Gasteiger partial charge on any atom is -0.458 e. The zero-order chi connectivity index (χ0) is 29.2. The predicted octanol–water partition coefficient (Wildman–Crippen LogP) is 8.06. The van der Waals surface area contributed by atoms with Crippen LogP contribution < -0.4 is 0 Å². The van der Waals surface area contributed by atoms with Crippen LogP contribution in [0.5, 0.6) is 0 Å². The minimum absolute atomic E-state index is 0.0199. The van der Waals surface area contributed by atoms with Gasteiger partial charge in [-0.15, -0.1) is 0 Å². The van der Waals surface area contributed by atoms with Gasteiger partial charge in [0.1, 0.15) is 5.60 Å². The molecule has 2 aliphatic rings. The van der Waals surface area contributed by atoms with Crippen molar-refractivity contribution < 1.29 is 28.5 Å². The second kappa shape index (κ2) is 12.0. The van der Waals surface area contributed by atoms with Gasteiger partial charge in [-0.1, -0.05) is 69.2 Å². The van der Waals surface area contributed by atoms with Crippen LogP contribution in [0, 0.1) is 22.2 Å². The monoisotopic (exact) mass is 540 g/mol. The number of ether oxygens (including phenoxy) is 5. The van der Waals surface area contributed by atoms with Gasteiger partial charge in [0.15, 0.2) is 12.6 Å². The molecule has 2 aliphatic carbocycles. The van der Waals surface area contributed by atoms with E-state index in [1.54, 1.807) is 14.2 Å². The summed E-state index contributed by atoms with van der Waals surface area (Å²) in [6.45, 7) is 23.7. The van der Waals surface area contributed by atoms with Crippen LogP contribution in [0.15, 0.2) is 0 Å². The Bertz CT molecular complexity index is 776. The highest BCUT2D eigenvalue weighted by Crippen LogP contribution is 2.58. The second-order valence-corrected chi connectivity index (χ2v) is 15.0. The van der Waals surface area contributed by atoms with Gasteiger partial charge in [-0.3, -0.25) is 4.79 Å². The Hall–Kier alpha value is -0.690. The first-order valence-electron chi connectivity index (χ1n) is 15.0. The van der Waals surface area contributed by atoms with E-state index in [1.807, 2.05) is 0 Å². The lowest BCUT2D eigenvalue weighted by molar-refractivity contribution is -0.310. The number of rotatable bonds is 12. The molecular formula is C32H60O6. The van der Waals surface area contributed by atoms with E-state index in [2.05, 4.69) is 76.2 Å². The highest BCUT2D eigenvalue weighted by atomic mass is 16.7. The molecule has 6 heteroatoms. The average Bonchev–Trinajstić information content (AvgIpc) is 2.78. The highest BCUT2D eigenvalue weighted by molar-refractivity contribution is 5.78. The number of hydrogen-bond donors (Lipinski definition) is 0. The van der Waals surface area contributed by atoms with Gasteiger partial charge in [0, 0.05) is 33.5 Å². The minimum atomic E-state index is -0.675. The summed E-state index contributed by atoms with van der Waals surface area (Å²) in [6, 6.07) is 0. The van der Waals surface area contributed by atoms with Crippen LogP contribution in [-0.4, -0.2) is 49.6 Å². The summed E-state index contributed by atoms with van der Waals surface area (Å²) in [4.78, 5) is 14.4. The maximum atomic E-state index is 14.4. The Balaban J connectivity index is 2.61. The first-order valence-corrected chi connectivity index (χ1v) is 15.0. The summed E-state index contributed by atoms with van der Waals surface area (Å²) in [6.07, 6.45) is 6.14. The molecule has 0 aromatic heterocycles. The van der Waals surface area contributed by atoms with Gasteiger partial charge >= 0.3 is 5.97 Å². The molecule has 2 saturated carbocycles. The van der Waals surface area contributed by atoms with Crippen LogP contribution in [0.25, 0.3) is 0 Å². The fourth-order valence-electron chi connectivity index (χ4n) is 7.41. The van der Waals surface area contributed by atoms with Crippen molar-refractivity contribution in [2.24, 2.45) is 22.2 Å². The molecule has 0 heterocycles. The molecule has 2 rings (SSSR count). The van der Waals surface area contributed by atoms with E-state index in [1.165, 1.54) is 0 Å². The number of methoxy groups -OCH3 is 2. The van der Waals surface area contributed by atoms with E-state index >= 15 is 0 Å². The molecule has 0 amide bonds. The molecule has 2 fully saturated rings. The lowest BCUT2D eigenvalue weighted by atomic mass is 9.57. The number of carbonyl (C=O) groups is 1. The van der Waals surface area contributed by atoms with Gasteiger partial charge in [0.2, 0.25) is 0 Å². The predicted molar refractivity (Wildman–Crippen MR) is 153 cm³/mol. The van der Waals surface area contributed by atoms with E-state index in [-0.39, 0.29) is 29.4 Å². The van der Waals surface area contributed by atoms with E-state index in [9.17, 15) is 4.79 Å². The van der Waals surface area contributed by atoms with Gasteiger partial charge in [-0.05, 0) is 62.2 Å². The SMILES string of the molecule is CCC(OC)OC1(CC)CC2(OC(=O)C(C)(CC(C)(C)C)C(C)(C)C)CC(C)CC(OC(CC)OC)(C2)C1. The summed E-state index contributed by atoms with van der Waals surface area (Å²) in [7, 11) is 3.40. The summed E-state index contributed by atoms with van der Waals surface area (Å²) in [5.74, 6) is 0.237. The number of fused-ring (bicyclic) bond motifs is 2. The maximum Gasteiger partial charge on any atom is 0.312 e. The maximum absolute atomic E-state index is 14.4. The number of hydrogen-bond acceptors (Lipinski definition) is 6. The van der Waals surface area contributed by atoms with Crippen molar-refractivity contribution in [2.45, 2.75) is 163 Å². The Morgan fingerprint density at radius 3 is 1.76 bits per heavy atom. The van der Waals surface area contributed by atoms with Crippen molar-refractivity contribution in [1.29, 1.82) is 0 Å². The third kappa shape index (κ3) is 7.53. The fourth-order valence-corrected chi connectivity index (χ4v) is 7.41. The summed E-state index contributed by atoms with van der Waals surface area (Å²) < 4.78 is 31.9. The van der Waals surface area contributed by atoms with E-state index in [4.69, 9.17) is 23.7 Å². The molecule has 224 valence electrons. The molecule has 38 heavy (non-hydrogen) atoms. The molecule has 0 aromatic carbocycles. The van der Waals surface area contributed by atoms with Crippen molar-refractivity contribution in [1.82, 2.24) is 0 Å². The van der Waals surface area contributed by atoms with Gasteiger partial charge in [0.25, 0.3) is 0 Å². The Labute approximate surface area is 234 Å². The molecular weight excluding hydrogens is 480 g/mol. The van der Waals surface area contributed by atoms with Gasteiger partial charge < -0.3 is 23.7 Å². The zero-order valence-electron chi connectivity index (χ0n) is 27.0. The molecule has 0 aromatic rings. The number of esters is 1. The Morgan fingerprint density at radius 2 is 1.32 bits per heavy atom. The average molecular weight is 541 g/mol. The molecule has 0 N–H and O–H groups in total. The lowest BCUT2D eigenvalue weighted by Gasteiger charge is -2.60. The first-order chi connectivity index (χ1) is 17.4. The van der Waals surface area contributed by atoms with E-state index in [0.717, 1.165) is 44.9 Å². The number of carbonyl (C=O) groups excluding carboxylic acids is 1. The fraction of sp³-hybridized carbons (Fsp3) is 0.969. The van der Waals surface area contributed by atoms with Crippen molar-refractivity contribution in [3.05, 3.63) is 0 Å². The first kappa shape index (κ1) is 33.5. The van der Waals surface area contributed by atoms with Crippen LogP contribution in [0.1, 0.15) is 134 Å². The third-order valence-electron chi connectivity index (χ3n) is 9.27. The molecule has 0 spiro atoms. The van der Waals surface area contributed by atoms with Crippen molar-refractivity contribution in [2.75, 3.05) is 14.2 Å². The summed E-state index contributed by atoms with van der Waals surface area (Å²) >= 11 is 0. The highest BCUT2D eigenvalue weighted by Gasteiger charge is 2.63. The molecule has 0 radical (unpaired) electrons. The Kier molecular flexibility index (Phi) is 10.6. The quantitative estimate of drug-likeness (QED) is 0.184. The normalized spacial score (nSPS) is 33.3. The van der Waals surface area contributed by atoms with E-state index in [0.29, 0.717) is 18.8 Å². The van der Waals surface area contributed by atoms with Gasteiger partial charge in [0.05, 0.1) is 16.6 Å². The van der Waals surface area contributed by atoms with Crippen LogP contribution >= 0.6 is 0 Å². The van der Waals surface area contributed by atoms with Gasteiger partial charge in [-0.2, -0.15) is 0 Å². The topological polar surface area (TPSA) is 63.2 Å². The van der Waals surface area contributed by atoms with Crippen molar-refractivity contribution in [3.63, 3.8) is 0 Å². The molecule has 7 unspecified atom stereocenters. The molecule has 2 bridgehead atoms. The third-order valence-corrected chi connectivity index (χ3v) is 9.27. The van der Waals surface area contributed by atoms with Crippen molar-refractivity contribution >= 4 is 5.97 Å². The molecule has 0 saturated heterocycles. The summed E-state index contributed by atoms with van der Waals surface area (Å²) in [5, 5.41) is 0. The van der Waals surface area contributed by atoms with Crippen LogP contribution in [0.4, 0.5) is 0 Å². The smallest absolute Gasteiger partial charge is 0.312 e. The van der Waals surface area contributed by atoms with Crippen LogP contribution in [-0.2, 0) is 28.5 Å². The standard InChI is InChI=1S/C32H60O6/c1-14-24(34-12)36-30(16-3)20-31(37-25(15-2)35-13)17-23(4)18-32(21-30,22-31)38-26(33)29(11,28(8,9)10)19-27(5,6)7/h23-25H,14-22H2,1-13H3. The van der Waals surface area contributed by atoms with Crippen LogP contribution in [0.3, 0.4) is 0 Å². The largest absolute Gasteiger partial charge is 0.458 e. The summed E-state index contributed by atoms with van der Waals surface area (Å²) in [5.41, 5.74) is -2.63. The van der Waals surface area contributed by atoms with E-state index < -0.39 is 22.2 Å². The lowest BCUT2D eigenvalue weighted by Crippen LogP contribution is -2.65. The van der Waals surface area contributed by atoms with Crippen LogP contribution in [0.2, 0.25) is 0 Å². The van der Waals surface area contributed by atoms with Gasteiger partial charge in [-0.25, -0.2) is 0 Å². The van der Waals surface area contributed by atoms with Crippen molar-refractivity contribution in [3.8, 4) is 0 Å². The zero-order valence-corrected chi connectivity index (χ0v) is 27.0. The molecule has 6 nitrogen and oxygen atoms in total. The Morgan fingerprint density at radius 1 is 0.816 bits per heavy atom. The molecule has 7 atom stereocenters.